The number of amides is 2. The summed E-state index contributed by atoms with van der Waals surface area (Å²) in [4.78, 5) is 39.9. The van der Waals surface area contributed by atoms with Gasteiger partial charge >= 0.3 is 12.1 Å². The van der Waals surface area contributed by atoms with Crippen molar-refractivity contribution in [1.82, 2.24) is 10.2 Å². The van der Waals surface area contributed by atoms with Gasteiger partial charge in [0.15, 0.2) is 0 Å². The van der Waals surface area contributed by atoms with E-state index in [2.05, 4.69) is 5.32 Å². The monoisotopic (exact) mass is 518 g/mol. The minimum absolute atomic E-state index is 0.0262. The fraction of sp³-hybridized carbons (Fsp3) is 0.400. The van der Waals surface area contributed by atoms with Crippen LogP contribution >= 0.6 is 0 Å². The van der Waals surface area contributed by atoms with Crippen molar-refractivity contribution in [2.75, 3.05) is 19.4 Å². The molecule has 0 saturated carbocycles. The third kappa shape index (κ3) is 8.06. The van der Waals surface area contributed by atoms with Gasteiger partial charge in [-0.3, -0.25) is 13.9 Å². The molecular weight excluding hydrogens is 488 g/mol. The number of nitrogens with one attached hydrogen (secondary N) is 1. The summed E-state index contributed by atoms with van der Waals surface area (Å²) in [6, 6.07) is 16.0. The van der Waals surface area contributed by atoms with Crippen LogP contribution in [0.25, 0.3) is 0 Å². The van der Waals surface area contributed by atoms with Crippen molar-refractivity contribution in [2.24, 2.45) is 0 Å². The highest BCUT2D eigenvalue weighted by Gasteiger charge is 2.43. The Morgan fingerprint density at radius 2 is 1.61 bits per heavy atom. The van der Waals surface area contributed by atoms with Gasteiger partial charge in [0, 0.05) is 12.8 Å². The highest BCUT2D eigenvalue weighted by atomic mass is 32.2. The first-order valence-electron chi connectivity index (χ1n) is 11.5. The minimum Gasteiger partial charge on any atom is -0.464 e. The highest BCUT2D eigenvalue weighted by molar-refractivity contribution is 7.86. The second-order valence-electron chi connectivity index (χ2n) is 8.37. The fourth-order valence-corrected chi connectivity index (χ4v) is 4.55. The lowest BCUT2D eigenvalue weighted by Gasteiger charge is -2.25. The molecule has 0 radical (unpaired) electrons. The lowest BCUT2D eigenvalue weighted by Crippen LogP contribution is -2.52. The number of ether oxygens (including phenoxy) is 2. The van der Waals surface area contributed by atoms with Crippen LogP contribution in [0.5, 0.6) is 0 Å². The summed E-state index contributed by atoms with van der Waals surface area (Å²) in [7, 11) is -3.83. The molecule has 2 aromatic rings. The second kappa shape index (κ2) is 12.5. The van der Waals surface area contributed by atoms with Crippen molar-refractivity contribution in [3.05, 3.63) is 71.8 Å². The summed E-state index contributed by atoms with van der Waals surface area (Å²) in [5.74, 6) is -1.25. The molecule has 1 fully saturated rings. The van der Waals surface area contributed by atoms with Crippen LogP contribution in [0.15, 0.2) is 60.7 Å². The Hall–Kier alpha value is -3.44. The van der Waals surface area contributed by atoms with Crippen LogP contribution in [0.2, 0.25) is 0 Å². The minimum atomic E-state index is -3.83. The van der Waals surface area contributed by atoms with Gasteiger partial charge in [-0.2, -0.15) is 8.42 Å². The van der Waals surface area contributed by atoms with Crippen LogP contribution in [-0.2, 0) is 46.4 Å². The smallest absolute Gasteiger partial charge is 0.410 e. The van der Waals surface area contributed by atoms with Crippen LogP contribution in [0.1, 0.15) is 24.5 Å². The maximum atomic E-state index is 13.3. The van der Waals surface area contributed by atoms with E-state index in [1.165, 1.54) is 0 Å². The van der Waals surface area contributed by atoms with Crippen LogP contribution in [0.4, 0.5) is 4.79 Å². The Bertz CT molecular complexity index is 1140. The molecule has 1 aliphatic rings. The summed E-state index contributed by atoms with van der Waals surface area (Å²) < 4.78 is 38.9. The summed E-state index contributed by atoms with van der Waals surface area (Å²) in [6.45, 7) is 1.60. The second-order valence-corrected chi connectivity index (χ2v) is 9.97. The van der Waals surface area contributed by atoms with Crippen molar-refractivity contribution < 1.29 is 36.5 Å². The Kier molecular flexibility index (Phi) is 9.43. The van der Waals surface area contributed by atoms with Crippen LogP contribution in [0, 0.1) is 0 Å². The van der Waals surface area contributed by atoms with Crippen LogP contribution in [-0.4, -0.2) is 68.9 Å². The van der Waals surface area contributed by atoms with Crippen molar-refractivity contribution in [3.63, 3.8) is 0 Å². The summed E-state index contributed by atoms with van der Waals surface area (Å²) in [6.07, 6.45) is -0.737. The lowest BCUT2D eigenvalue weighted by molar-refractivity contribution is -0.147. The molecule has 36 heavy (non-hydrogen) atoms. The fourth-order valence-electron chi connectivity index (χ4n) is 3.92. The number of likely N-dealkylation sites (tertiary alicyclic amines) is 1. The summed E-state index contributed by atoms with van der Waals surface area (Å²) in [5, 5.41) is 2.67. The molecule has 1 heterocycles. The van der Waals surface area contributed by atoms with Crippen molar-refractivity contribution >= 4 is 28.1 Å². The van der Waals surface area contributed by atoms with Gasteiger partial charge in [0.25, 0.3) is 10.1 Å². The van der Waals surface area contributed by atoms with E-state index < -0.39 is 46.3 Å². The van der Waals surface area contributed by atoms with Gasteiger partial charge in [0.2, 0.25) is 5.91 Å². The zero-order chi connectivity index (χ0) is 26.1. The molecule has 1 saturated heterocycles. The van der Waals surface area contributed by atoms with E-state index in [9.17, 15) is 22.8 Å². The van der Waals surface area contributed by atoms with Crippen molar-refractivity contribution in [3.8, 4) is 0 Å². The van der Waals surface area contributed by atoms with Gasteiger partial charge in [-0.1, -0.05) is 60.7 Å². The van der Waals surface area contributed by atoms with E-state index in [4.69, 9.17) is 13.7 Å². The van der Waals surface area contributed by atoms with Gasteiger partial charge in [-0.25, -0.2) is 9.59 Å². The molecular formula is C25H30N2O8S. The third-order valence-corrected chi connectivity index (χ3v) is 6.11. The topological polar surface area (TPSA) is 128 Å². The SMILES string of the molecule is CCOC(=O)C(Cc1ccccc1)NC(=O)C1CC(OS(C)(=O)=O)CN1C(=O)OCc1ccccc1. The standard InChI is InChI=1S/C25H30N2O8S/c1-3-33-24(29)21(14-18-10-6-4-7-11-18)26-23(28)22-15-20(35-36(2,31)32)16-27(22)25(30)34-17-19-12-8-5-9-13-19/h4-13,20-22H,3,14-17H2,1-2H3,(H,26,28). The predicted octanol–water partition coefficient (Wildman–Crippen LogP) is 2.03. The number of esters is 1. The van der Waals surface area contributed by atoms with Crippen LogP contribution in [0.3, 0.4) is 0 Å². The molecule has 0 bridgehead atoms. The number of carbonyl (C=O) groups excluding carboxylic acids is 3. The number of rotatable bonds is 10. The average Bonchev–Trinajstić information content (AvgIpc) is 3.26. The molecule has 11 heteroatoms. The number of nitrogens with zero attached hydrogens (tertiary/aromatic N) is 1. The molecule has 3 unspecified atom stereocenters. The largest absolute Gasteiger partial charge is 0.464 e. The molecule has 3 atom stereocenters. The highest BCUT2D eigenvalue weighted by Crippen LogP contribution is 2.24. The zero-order valence-corrected chi connectivity index (χ0v) is 21.0. The van der Waals surface area contributed by atoms with E-state index in [0.717, 1.165) is 22.3 Å². The van der Waals surface area contributed by atoms with Gasteiger partial charge in [0.1, 0.15) is 18.7 Å². The average molecular weight is 519 g/mol. The van der Waals surface area contributed by atoms with Gasteiger partial charge in [-0.05, 0) is 18.1 Å². The zero-order valence-electron chi connectivity index (χ0n) is 20.2. The van der Waals surface area contributed by atoms with E-state index in [1.807, 2.05) is 36.4 Å². The maximum Gasteiger partial charge on any atom is 0.410 e. The first-order valence-corrected chi connectivity index (χ1v) is 13.3. The van der Waals surface area contributed by atoms with E-state index in [-0.39, 0.29) is 32.6 Å². The number of hydrogen-bond acceptors (Lipinski definition) is 8. The number of hydrogen-bond donors (Lipinski definition) is 1. The van der Waals surface area contributed by atoms with Crippen LogP contribution < -0.4 is 5.32 Å². The van der Waals surface area contributed by atoms with Gasteiger partial charge in [-0.15, -0.1) is 0 Å². The third-order valence-electron chi connectivity index (χ3n) is 5.49. The molecule has 0 spiro atoms. The summed E-state index contributed by atoms with van der Waals surface area (Å²) >= 11 is 0. The van der Waals surface area contributed by atoms with E-state index in [1.54, 1.807) is 31.2 Å². The molecule has 2 amide bonds. The molecule has 0 aromatic heterocycles. The quantitative estimate of drug-likeness (QED) is 0.374. The first-order chi connectivity index (χ1) is 17.2. The molecule has 10 nitrogen and oxygen atoms in total. The Labute approximate surface area is 210 Å². The van der Waals surface area contributed by atoms with E-state index in [0.29, 0.717) is 0 Å². The number of carbonyl (C=O) groups is 3. The summed E-state index contributed by atoms with van der Waals surface area (Å²) in [5.41, 5.74) is 1.56. The molecule has 1 N–H and O–H groups in total. The normalized spacial score (nSPS) is 18.3. The molecule has 2 aromatic carbocycles. The van der Waals surface area contributed by atoms with Crippen molar-refractivity contribution in [1.29, 1.82) is 0 Å². The lowest BCUT2D eigenvalue weighted by atomic mass is 10.1. The predicted molar refractivity (Wildman–Crippen MR) is 130 cm³/mol. The molecule has 1 aliphatic heterocycles. The van der Waals surface area contributed by atoms with E-state index >= 15 is 0 Å². The molecule has 0 aliphatic carbocycles. The first kappa shape index (κ1) is 27.2. The van der Waals surface area contributed by atoms with Gasteiger partial charge < -0.3 is 14.8 Å². The molecule has 194 valence electrons. The maximum absolute atomic E-state index is 13.3. The van der Waals surface area contributed by atoms with Gasteiger partial charge in [0.05, 0.1) is 25.5 Å². The van der Waals surface area contributed by atoms with Crippen molar-refractivity contribution in [2.45, 2.75) is 44.6 Å². The molecule has 3 rings (SSSR count). The Morgan fingerprint density at radius 3 is 2.19 bits per heavy atom. The Balaban J connectivity index is 1.75. The number of benzene rings is 2. The Morgan fingerprint density at radius 1 is 1.00 bits per heavy atom.